The summed E-state index contributed by atoms with van der Waals surface area (Å²) in [5.41, 5.74) is 0.738. The fraction of sp³-hybridized carbons (Fsp3) is 0.440. The summed E-state index contributed by atoms with van der Waals surface area (Å²) in [5.74, 6) is 0.362. The minimum absolute atomic E-state index is 0.150. The van der Waals surface area contributed by atoms with Crippen LogP contribution in [-0.4, -0.2) is 42.5 Å². The Balaban J connectivity index is 1.68. The summed E-state index contributed by atoms with van der Waals surface area (Å²) in [6, 6.07) is 12.3. The summed E-state index contributed by atoms with van der Waals surface area (Å²) >= 11 is 0. The standard InChI is InChI=1S/C25H31FN2O4/c1-18(25(30)27-21-6-4-3-5-7-21)28(16-19-8-10-20(26)11-9-19)24(29)17-32-23-14-12-22(31-2)13-15-23/h8-15,18,21H,3-7,16-17H2,1-2H3,(H,27,30). The molecule has 0 saturated heterocycles. The maximum Gasteiger partial charge on any atom is 0.261 e. The van der Waals surface area contributed by atoms with Crippen LogP contribution in [-0.2, 0) is 16.1 Å². The molecule has 1 fully saturated rings. The van der Waals surface area contributed by atoms with Gasteiger partial charge < -0.3 is 19.7 Å². The van der Waals surface area contributed by atoms with Gasteiger partial charge in [-0.3, -0.25) is 9.59 Å². The maximum absolute atomic E-state index is 13.3. The third kappa shape index (κ3) is 6.70. The molecular formula is C25H31FN2O4. The predicted molar refractivity (Wildman–Crippen MR) is 120 cm³/mol. The first-order valence-electron chi connectivity index (χ1n) is 11.1. The molecule has 3 rings (SSSR count). The van der Waals surface area contributed by atoms with E-state index in [1.807, 2.05) is 0 Å². The highest BCUT2D eigenvalue weighted by Gasteiger charge is 2.28. The maximum atomic E-state index is 13.3. The van der Waals surface area contributed by atoms with Gasteiger partial charge in [0.05, 0.1) is 7.11 Å². The van der Waals surface area contributed by atoms with E-state index in [4.69, 9.17) is 9.47 Å². The number of hydrogen-bond donors (Lipinski definition) is 1. The van der Waals surface area contributed by atoms with Gasteiger partial charge in [0.25, 0.3) is 5.91 Å². The Bertz CT molecular complexity index is 880. The van der Waals surface area contributed by atoms with Gasteiger partial charge in [-0.2, -0.15) is 0 Å². The van der Waals surface area contributed by atoms with Crippen LogP contribution in [0.2, 0.25) is 0 Å². The van der Waals surface area contributed by atoms with E-state index in [2.05, 4.69) is 5.32 Å². The highest BCUT2D eigenvalue weighted by atomic mass is 19.1. The van der Waals surface area contributed by atoms with Crippen molar-refractivity contribution in [3.63, 3.8) is 0 Å². The van der Waals surface area contributed by atoms with Gasteiger partial charge in [-0.05, 0) is 61.7 Å². The average molecular weight is 443 g/mol. The molecule has 7 heteroatoms. The van der Waals surface area contributed by atoms with E-state index in [9.17, 15) is 14.0 Å². The van der Waals surface area contributed by atoms with Crippen LogP contribution in [0.3, 0.4) is 0 Å². The van der Waals surface area contributed by atoms with E-state index in [0.29, 0.717) is 11.5 Å². The van der Waals surface area contributed by atoms with Crippen LogP contribution in [0.25, 0.3) is 0 Å². The molecule has 0 aromatic heterocycles. The third-order valence-electron chi connectivity index (χ3n) is 5.81. The first kappa shape index (κ1) is 23.6. The Morgan fingerprint density at radius 2 is 1.66 bits per heavy atom. The minimum atomic E-state index is -0.686. The lowest BCUT2D eigenvalue weighted by Crippen LogP contribution is -2.51. The second kappa shape index (κ2) is 11.5. The number of nitrogens with zero attached hydrogens (tertiary/aromatic N) is 1. The monoisotopic (exact) mass is 442 g/mol. The second-order valence-electron chi connectivity index (χ2n) is 8.13. The number of ether oxygens (including phenoxy) is 2. The first-order chi connectivity index (χ1) is 15.5. The number of halogens is 1. The summed E-state index contributed by atoms with van der Waals surface area (Å²) in [7, 11) is 1.58. The molecule has 1 atom stereocenters. The van der Waals surface area contributed by atoms with E-state index in [1.54, 1.807) is 50.4 Å². The molecule has 2 aromatic carbocycles. The van der Waals surface area contributed by atoms with Crippen molar-refractivity contribution in [3.05, 3.63) is 59.9 Å². The van der Waals surface area contributed by atoms with Crippen LogP contribution in [0.1, 0.15) is 44.6 Å². The molecular weight excluding hydrogens is 411 g/mol. The van der Waals surface area contributed by atoms with E-state index >= 15 is 0 Å². The highest BCUT2D eigenvalue weighted by Crippen LogP contribution is 2.19. The molecule has 1 N–H and O–H groups in total. The third-order valence-corrected chi connectivity index (χ3v) is 5.81. The lowest BCUT2D eigenvalue weighted by Gasteiger charge is -2.31. The molecule has 2 aromatic rings. The van der Waals surface area contributed by atoms with Gasteiger partial charge in [-0.15, -0.1) is 0 Å². The van der Waals surface area contributed by atoms with E-state index in [-0.39, 0.29) is 36.8 Å². The number of hydrogen-bond acceptors (Lipinski definition) is 4. The van der Waals surface area contributed by atoms with Crippen molar-refractivity contribution in [1.82, 2.24) is 10.2 Å². The summed E-state index contributed by atoms with van der Waals surface area (Å²) < 4.78 is 24.1. The van der Waals surface area contributed by atoms with Gasteiger partial charge in [-0.25, -0.2) is 4.39 Å². The molecule has 1 aliphatic rings. The summed E-state index contributed by atoms with van der Waals surface area (Å²) in [6.45, 7) is 1.69. The molecule has 6 nitrogen and oxygen atoms in total. The van der Waals surface area contributed by atoms with Crippen LogP contribution in [0.15, 0.2) is 48.5 Å². The lowest BCUT2D eigenvalue weighted by molar-refractivity contribution is -0.142. The molecule has 2 amide bonds. The molecule has 1 aliphatic carbocycles. The van der Waals surface area contributed by atoms with E-state index in [1.165, 1.54) is 23.5 Å². The van der Waals surface area contributed by atoms with Crippen LogP contribution in [0.4, 0.5) is 4.39 Å². The number of amides is 2. The summed E-state index contributed by atoms with van der Waals surface area (Å²) in [6.07, 6.45) is 5.33. The normalized spacial score (nSPS) is 15.0. The van der Waals surface area contributed by atoms with Crippen LogP contribution < -0.4 is 14.8 Å². The van der Waals surface area contributed by atoms with Crippen molar-refractivity contribution < 1.29 is 23.5 Å². The van der Waals surface area contributed by atoms with Crippen LogP contribution in [0.5, 0.6) is 11.5 Å². The van der Waals surface area contributed by atoms with Crippen molar-refractivity contribution in [1.29, 1.82) is 0 Å². The molecule has 0 aliphatic heterocycles. The zero-order valence-corrected chi connectivity index (χ0v) is 18.7. The zero-order chi connectivity index (χ0) is 22.9. The van der Waals surface area contributed by atoms with Crippen LogP contribution >= 0.6 is 0 Å². The Morgan fingerprint density at radius 3 is 2.28 bits per heavy atom. The first-order valence-corrected chi connectivity index (χ1v) is 11.1. The summed E-state index contributed by atoms with van der Waals surface area (Å²) in [5, 5.41) is 3.09. The van der Waals surface area contributed by atoms with Crippen molar-refractivity contribution in [2.24, 2.45) is 0 Å². The topological polar surface area (TPSA) is 67.9 Å². The van der Waals surface area contributed by atoms with E-state index < -0.39 is 6.04 Å². The molecule has 0 bridgehead atoms. The molecule has 0 spiro atoms. The van der Waals surface area contributed by atoms with Gasteiger partial charge in [0, 0.05) is 12.6 Å². The average Bonchev–Trinajstić information content (AvgIpc) is 2.82. The number of carbonyl (C=O) groups is 2. The number of nitrogens with one attached hydrogen (secondary N) is 1. The molecule has 1 saturated carbocycles. The Morgan fingerprint density at radius 1 is 1.03 bits per heavy atom. The van der Waals surface area contributed by atoms with Crippen LogP contribution in [0, 0.1) is 5.82 Å². The SMILES string of the molecule is COc1ccc(OCC(=O)N(Cc2ccc(F)cc2)C(C)C(=O)NC2CCCCC2)cc1. The van der Waals surface area contributed by atoms with Crippen molar-refractivity contribution in [2.45, 2.75) is 57.7 Å². The number of benzene rings is 2. The Kier molecular flexibility index (Phi) is 8.48. The number of carbonyl (C=O) groups excluding carboxylic acids is 2. The smallest absolute Gasteiger partial charge is 0.261 e. The van der Waals surface area contributed by atoms with Gasteiger partial charge in [0.2, 0.25) is 5.91 Å². The highest BCUT2D eigenvalue weighted by molar-refractivity contribution is 5.88. The zero-order valence-electron chi connectivity index (χ0n) is 18.7. The fourth-order valence-electron chi connectivity index (χ4n) is 3.84. The number of rotatable bonds is 9. The molecule has 172 valence electrons. The van der Waals surface area contributed by atoms with Gasteiger partial charge >= 0.3 is 0 Å². The van der Waals surface area contributed by atoms with Gasteiger partial charge in [0.15, 0.2) is 6.61 Å². The van der Waals surface area contributed by atoms with Crippen molar-refractivity contribution in [3.8, 4) is 11.5 Å². The fourth-order valence-corrected chi connectivity index (χ4v) is 3.84. The molecule has 0 heterocycles. The van der Waals surface area contributed by atoms with Crippen molar-refractivity contribution in [2.75, 3.05) is 13.7 Å². The molecule has 1 unspecified atom stereocenters. The summed E-state index contributed by atoms with van der Waals surface area (Å²) in [4.78, 5) is 27.5. The minimum Gasteiger partial charge on any atom is -0.497 e. The molecule has 0 radical (unpaired) electrons. The van der Waals surface area contributed by atoms with Gasteiger partial charge in [0.1, 0.15) is 23.4 Å². The second-order valence-corrected chi connectivity index (χ2v) is 8.13. The largest absolute Gasteiger partial charge is 0.497 e. The quantitative estimate of drug-likeness (QED) is 0.636. The predicted octanol–water partition coefficient (Wildman–Crippen LogP) is 4.08. The van der Waals surface area contributed by atoms with Gasteiger partial charge in [-0.1, -0.05) is 31.4 Å². The van der Waals surface area contributed by atoms with E-state index in [0.717, 1.165) is 31.2 Å². The van der Waals surface area contributed by atoms with Crippen molar-refractivity contribution >= 4 is 11.8 Å². The number of methoxy groups -OCH3 is 1. The Hall–Kier alpha value is -3.09. The lowest BCUT2D eigenvalue weighted by atomic mass is 9.95. The Labute approximate surface area is 188 Å². The molecule has 32 heavy (non-hydrogen) atoms.